The van der Waals surface area contributed by atoms with Crippen molar-refractivity contribution in [1.82, 2.24) is 5.32 Å². The third-order valence-electron chi connectivity index (χ3n) is 1.26. The second-order valence-electron chi connectivity index (χ2n) is 3.56. The van der Waals surface area contributed by atoms with Crippen LogP contribution < -0.4 is 5.32 Å². The van der Waals surface area contributed by atoms with E-state index < -0.39 is 6.09 Å². The highest BCUT2D eigenvalue weighted by Gasteiger charge is 2.16. The van der Waals surface area contributed by atoms with Crippen molar-refractivity contribution >= 4 is 6.09 Å². The van der Waals surface area contributed by atoms with E-state index in [4.69, 9.17) is 0 Å². The first-order valence-electron chi connectivity index (χ1n) is 3.89. The maximum atomic E-state index is 10.8. The van der Waals surface area contributed by atoms with E-state index in [1.807, 2.05) is 33.8 Å². The molecule has 0 heterocycles. The molecule has 0 aliphatic carbocycles. The lowest BCUT2D eigenvalue weighted by Gasteiger charge is -2.21. The largest absolute Gasteiger partial charge is 0.453 e. The zero-order valence-electron chi connectivity index (χ0n) is 8.39. The number of ether oxygens (including phenoxy) is 1. The summed E-state index contributed by atoms with van der Waals surface area (Å²) in [5.41, 5.74) is 0.822. The second kappa shape index (κ2) is 4.14. The summed E-state index contributed by atoms with van der Waals surface area (Å²) in [6.07, 6.45) is 1.57. The topological polar surface area (TPSA) is 38.3 Å². The smallest absolute Gasteiger partial charge is 0.407 e. The van der Waals surface area contributed by atoms with Crippen molar-refractivity contribution in [3.05, 3.63) is 11.6 Å². The van der Waals surface area contributed by atoms with Crippen LogP contribution in [0.4, 0.5) is 4.79 Å². The first-order valence-corrected chi connectivity index (χ1v) is 3.89. The van der Waals surface area contributed by atoms with Gasteiger partial charge in [0.25, 0.3) is 0 Å². The average Bonchev–Trinajstić information content (AvgIpc) is 1.83. The van der Waals surface area contributed by atoms with Crippen LogP contribution in [0.2, 0.25) is 0 Å². The molecule has 0 bridgehead atoms. The number of rotatable bonds is 2. The van der Waals surface area contributed by atoms with Gasteiger partial charge in [-0.25, -0.2) is 4.79 Å². The molecule has 0 unspecified atom stereocenters. The van der Waals surface area contributed by atoms with Crippen molar-refractivity contribution in [3.63, 3.8) is 0 Å². The van der Waals surface area contributed by atoms with E-state index in [9.17, 15) is 4.79 Å². The standard InChI is InChI=1S/C9H17NO2/c1-7(2)6-9(3,4)10-8(11)12-5/h6H,1-5H3,(H,10,11). The van der Waals surface area contributed by atoms with Crippen molar-refractivity contribution in [1.29, 1.82) is 0 Å². The monoisotopic (exact) mass is 171 g/mol. The lowest BCUT2D eigenvalue weighted by atomic mass is 10.0. The normalized spacial score (nSPS) is 10.4. The number of hydrogen-bond donors (Lipinski definition) is 1. The zero-order chi connectivity index (χ0) is 9.78. The van der Waals surface area contributed by atoms with Gasteiger partial charge in [-0.3, -0.25) is 0 Å². The summed E-state index contributed by atoms with van der Waals surface area (Å²) in [5.74, 6) is 0. The summed E-state index contributed by atoms with van der Waals surface area (Å²) in [6, 6.07) is 0. The fourth-order valence-electron chi connectivity index (χ4n) is 1.07. The Balaban J connectivity index is 4.23. The molecule has 0 radical (unpaired) electrons. The summed E-state index contributed by atoms with van der Waals surface area (Å²) < 4.78 is 4.49. The molecule has 3 heteroatoms. The molecule has 0 saturated heterocycles. The van der Waals surface area contributed by atoms with Crippen LogP contribution in [0.5, 0.6) is 0 Å². The Labute approximate surface area is 73.8 Å². The molecule has 0 atom stereocenters. The lowest BCUT2D eigenvalue weighted by molar-refractivity contribution is 0.164. The van der Waals surface area contributed by atoms with Crippen LogP contribution in [0, 0.1) is 0 Å². The molecule has 1 amide bonds. The predicted molar refractivity (Wildman–Crippen MR) is 49.1 cm³/mol. The van der Waals surface area contributed by atoms with Gasteiger partial charge in [0.15, 0.2) is 0 Å². The van der Waals surface area contributed by atoms with E-state index in [0.29, 0.717) is 0 Å². The van der Waals surface area contributed by atoms with Crippen LogP contribution in [0.3, 0.4) is 0 Å². The quantitative estimate of drug-likeness (QED) is 0.646. The minimum Gasteiger partial charge on any atom is -0.453 e. The number of amides is 1. The lowest BCUT2D eigenvalue weighted by Crippen LogP contribution is -2.41. The number of methoxy groups -OCH3 is 1. The molecule has 0 fully saturated rings. The Hall–Kier alpha value is -0.990. The fourth-order valence-corrected chi connectivity index (χ4v) is 1.07. The maximum absolute atomic E-state index is 10.8. The Bertz CT molecular complexity index is 191. The minimum absolute atomic E-state index is 0.341. The van der Waals surface area contributed by atoms with Gasteiger partial charge < -0.3 is 10.1 Å². The molecule has 70 valence electrons. The van der Waals surface area contributed by atoms with Crippen LogP contribution in [-0.4, -0.2) is 18.7 Å². The van der Waals surface area contributed by atoms with Crippen molar-refractivity contribution in [2.75, 3.05) is 7.11 Å². The van der Waals surface area contributed by atoms with Gasteiger partial charge in [-0.05, 0) is 27.7 Å². The van der Waals surface area contributed by atoms with Crippen molar-refractivity contribution in [2.24, 2.45) is 0 Å². The second-order valence-corrected chi connectivity index (χ2v) is 3.56. The van der Waals surface area contributed by atoms with Gasteiger partial charge in [-0.2, -0.15) is 0 Å². The zero-order valence-corrected chi connectivity index (χ0v) is 8.39. The van der Waals surface area contributed by atoms with E-state index in [0.717, 1.165) is 5.57 Å². The highest BCUT2D eigenvalue weighted by Crippen LogP contribution is 2.07. The number of hydrogen-bond acceptors (Lipinski definition) is 2. The summed E-state index contributed by atoms with van der Waals surface area (Å²) >= 11 is 0. The predicted octanol–water partition coefficient (Wildman–Crippen LogP) is 2.09. The molecule has 0 aromatic rings. The Morgan fingerprint density at radius 3 is 2.25 bits per heavy atom. The molecular weight excluding hydrogens is 154 g/mol. The van der Waals surface area contributed by atoms with Crippen molar-refractivity contribution < 1.29 is 9.53 Å². The van der Waals surface area contributed by atoms with E-state index in [1.165, 1.54) is 7.11 Å². The number of carbonyl (C=O) groups is 1. The molecular formula is C9H17NO2. The average molecular weight is 171 g/mol. The SMILES string of the molecule is COC(=O)NC(C)(C)C=C(C)C. The van der Waals surface area contributed by atoms with Gasteiger partial charge in [0.2, 0.25) is 0 Å². The highest BCUT2D eigenvalue weighted by atomic mass is 16.5. The maximum Gasteiger partial charge on any atom is 0.407 e. The first kappa shape index (κ1) is 11.0. The van der Waals surface area contributed by atoms with Crippen LogP contribution in [0.25, 0.3) is 0 Å². The van der Waals surface area contributed by atoms with Crippen LogP contribution in [0.15, 0.2) is 11.6 Å². The molecule has 0 saturated carbocycles. The highest BCUT2D eigenvalue weighted by molar-refractivity contribution is 5.68. The molecule has 0 aliphatic heterocycles. The van der Waals surface area contributed by atoms with E-state index in [1.54, 1.807) is 0 Å². The molecule has 0 aromatic carbocycles. The summed E-state index contributed by atoms with van der Waals surface area (Å²) in [6.45, 7) is 7.80. The molecule has 0 rings (SSSR count). The van der Waals surface area contributed by atoms with E-state index >= 15 is 0 Å². The van der Waals surface area contributed by atoms with Crippen molar-refractivity contribution in [3.8, 4) is 0 Å². The summed E-state index contributed by atoms with van der Waals surface area (Å²) in [4.78, 5) is 10.8. The minimum atomic E-state index is -0.405. The number of nitrogens with one attached hydrogen (secondary N) is 1. The Kier molecular flexibility index (Phi) is 3.80. The van der Waals surface area contributed by atoms with E-state index in [-0.39, 0.29) is 5.54 Å². The molecule has 1 N–H and O–H groups in total. The summed E-state index contributed by atoms with van der Waals surface area (Å²) in [5, 5.41) is 2.70. The molecule has 0 aromatic heterocycles. The van der Waals surface area contributed by atoms with Gasteiger partial charge in [0, 0.05) is 0 Å². The fraction of sp³-hybridized carbons (Fsp3) is 0.667. The summed E-state index contributed by atoms with van der Waals surface area (Å²) in [7, 11) is 1.36. The van der Waals surface area contributed by atoms with Gasteiger partial charge >= 0.3 is 6.09 Å². The number of alkyl carbamates (subject to hydrolysis) is 1. The first-order chi connectivity index (χ1) is 5.37. The van der Waals surface area contributed by atoms with Crippen molar-refractivity contribution in [2.45, 2.75) is 33.2 Å². The third kappa shape index (κ3) is 4.77. The van der Waals surface area contributed by atoms with Crippen LogP contribution in [0.1, 0.15) is 27.7 Å². The Morgan fingerprint density at radius 2 is 1.92 bits per heavy atom. The van der Waals surface area contributed by atoms with Gasteiger partial charge in [0.1, 0.15) is 0 Å². The van der Waals surface area contributed by atoms with Crippen LogP contribution in [-0.2, 0) is 4.74 Å². The molecule has 0 aliphatic rings. The van der Waals surface area contributed by atoms with E-state index in [2.05, 4.69) is 10.1 Å². The number of carbonyl (C=O) groups excluding carboxylic acids is 1. The molecule has 3 nitrogen and oxygen atoms in total. The number of allylic oxidation sites excluding steroid dienone is 1. The van der Waals surface area contributed by atoms with Gasteiger partial charge in [-0.15, -0.1) is 0 Å². The molecule has 0 spiro atoms. The van der Waals surface area contributed by atoms with Gasteiger partial charge in [0.05, 0.1) is 12.6 Å². The Morgan fingerprint density at radius 1 is 1.42 bits per heavy atom. The molecule has 12 heavy (non-hydrogen) atoms. The third-order valence-corrected chi connectivity index (χ3v) is 1.26. The van der Waals surface area contributed by atoms with Crippen LogP contribution >= 0.6 is 0 Å². The van der Waals surface area contributed by atoms with Gasteiger partial charge in [-0.1, -0.05) is 11.6 Å².